The maximum Gasteiger partial charge on any atom is 0.286 e. The summed E-state index contributed by atoms with van der Waals surface area (Å²) in [4.78, 5) is 10.4. The lowest BCUT2D eigenvalue weighted by molar-refractivity contribution is -0.386. The first-order valence-corrected chi connectivity index (χ1v) is 4.99. The van der Waals surface area contributed by atoms with Gasteiger partial charge in [0.1, 0.15) is 10.2 Å². The Morgan fingerprint density at radius 2 is 2.36 bits per heavy atom. The highest BCUT2D eigenvalue weighted by atomic mass is 79.9. The number of rotatable bonds is 1. The van der Waals surface area contributed by atoms with Crippen molar-refractivity contribution in [3.8, 4) is 5.75 Å². The number of nitrogens with zero attached hydrogens (tertiary/aromatic N) is 1. The van der Waals surface area contributed by atoms with E-state index in [4.69, 9.17) is 4.74 Å². The van der Waals surface area contributed by atoms with Gasteiger partial charge in [-0.15, -0.1) is 0 Å². The Morgan fingerprint density at radius 3 is 3.00 bits per heavy atom. The van der Waals surface area contributed by atoms with Crippen molar-refractivity contribution in [2.75, 3.05) is 6.61 Å². The smallest absolute Gasteiger partial charge is 0.286 e. The van der Waals surface area contributed by atoms with Crippen LogP contribution in [-0.2, 0) is 6.42 Å². The highest BCUT2D eigenvalue weighted by Gasteiger charge is 2.25. The molecule has 0 radical (unpaired) electrons. The highest BCUT2D eigenvalue weighted by molar-refractivity contribution is 9.10. The van der Waals surface area contributed by atoms with Crippen LogP contribution in [0.1, 0.15) is 11.1 Å². The first-order chi connectivity index (χ1) is 6.61. The van der Waals surface area contributed by atoms with Gasteiger partial charge in [0.2, 0.25) is 0 Å². The third kappa shape index (κ3) is 1.28. The van der Waals surface area contributed by atoms with E-state index in [0.717, 1.165) is 17.7 Å². The molecule has 14 heavy (non-hydrogen) atoms. The quantitative estimate of drug-likeness (QED) is 0.574. The van der Waals surface area contributed by atoms with Crippen LogP contribution in [0.5, 0.6) is 5.75 Å². The van der Waals surface area contributed by atoms with E-state index < -0.39 is 0 Å². The molecule has 0 fully saturated rings. The molecule has 4 nitrogen and oxygen atoms in total. The summed E-state index contributed by atoms with van der Waals surface area (Å²) in [6.45, 7) is 2.32. The van der Waals surface area contributed by atoms with E-state index in [-0.39, 0.29) is 10.6 Å². The standard InChI is InChI=1S/C9H8BrNO3/c1-5-4-7-6(2-3-14-7)8(10)9(5)11(12)13/h4H,2-3H2,1H3. The van der Waals surface area contributed by atoms with E-state index in [2.05, 4.69) is 15.9 Å². The van der Waals surface area contributed by atoms with Gasteiger partial charge in [-0.05, 0) is 28.9 Å². The predicted octanol–water partition coefficient (Wildman–Crippen LogP) is 2.60. The van der Waals surface area contributed by atoms with E-state index in [9.17, 15) is 10.1 Å². The molecule has 0 saturated heterocycles. The second-order valence-electron chi connectivity index (χ2n) is 3.19. The maximum absolute atomic E-state index is 10.8. The molecule has 5 heteroatoms. The lowest BCUT2D eigenvalue weighted by Gasteiger charge is -2.04. The van der Waals surface area contributed by atoms with Crippen molar-refractivity contribution in [3.63, 3.8) is 0 Å². The summed E-state index contributed by atoms with van der Waals surface area (Å²) in [6, 6.07) is 1.73. The van der Waals surface area contributed by atoms with Crippen molar-refractivity contribution in [2.45, 2.75) is 13.3 Å². The van der Waals surface area contributed by atoms with Crippen molar-refractivity contribution in [3.05, 3.63) is 31.8 Å². The molecule has 0 aromatic heterocycles. The van der Waals surface area contributed by atoms with Crippen LogP contribution in [0.3, 0.4) is 0 Å². The van der Waals surface area contributed by atoms with E-state index >= 15 is 0 Å². The fourth-order valence-corrected chi connectivity index (χ4v) is 2.48. The normalized spacial score (nSPS) is 13.6. The first kappa shape index (κ1) is 9.45. The Bertz CT molecular complexity index is 417. The van der Waals surface area contributed by atoms with Gasteiger partial charge in [0.15, 0.2) is 0 Å². The highest BCUT2D eigenvalue weighted by Crippen LogP contribution is 2.40. The number of hydrogen-bond acceptors (Lipinski definition) is 3. The Labute approximate surface area is 89.2 Å². The predicted molar refractivity (Wildman–Crippen MR) is 54.7 cm³/mol. The van der Waals surface area contributed by atoms with Crippen molar-refractivity contribution < 1.29 is 9.66 Å². The second-order valence-corrected chi connectivity index (χ2v) is 3.98. The van der Waals surface area contributed by atoms with Crippen molar-refractivity contribution in [1.29, 1.82) is 0 Å². The van der Waals surface area contributed by atoms with Gasteiger partial charge in [0.05, 0.1) is 11.5 Å². The molecule has 0 saturated carbocycles. The number of ether oxygens (including phenoxy) is 1. The van der Waals surface area contributed by atoms with Crippen LogP contribution in [0.15, 0.2) is 10.5 Å². The Morgan fingerprint density at radius 1 is 1.64 bits per heavy atom. The number of aryl methyl sites for hydroxylation is 1. The van der Waals surface area contributed by atoms with E-state index in [0.29, 0.717) is 16.6 Å². The zero-order valence-corrected chi connectivity index (χ0v) is 9.13. The summed E-state index contributed by atoms with van der Waals surface area (Å²) in [5.41, 5.74) is 1.68. The van der Waals surface area contributed by atoms with Gasteiger partial charge in [0, 0.05) is 17.5 Å². The second kappa shape index (κ2) is 3.24. The lowest BCUT2D eigenvalue weighted by Crippen LogP contribution is -1.95. The number of nitro benzene ring substituents is 1. The molecular weight excluding hydrogens is 250 g/mol. The fraction of sp³-hybridized carbons (Fsp3) is 0.333. The van der Waals surface area contributed by atoms with Crippen LogP contribution in [0.2, 0.25) is 0 Å². The molecule has 0 aliphatic carbocycles. The molecule has 74 valence electrons. The summed E-state index contributed by atoms with van der Waals surface area (Å²) >= 11 is 3.26. The van der Waals surface area contributed by atoms with E-state index in [1.54, 1.807) is 13.0 Å². The van der Waals surface area contributed by atoms with Crippen LogP contribution >= 0.6 is 15.9 Å². The minimum Gasteiger partial charge on any atom is -0.493 e. The largest absolute Gasteiger partial charge is 0.493 e. The minimum absolute atomic E-state index is 0.147. The van der Waals surface area contributed by atoms with Crippen LogP contribution in [0.4, 0.5) is 5.69 Å². The van der Waals surface area contributed by atoms with Crippen LogP contribution in [0.25, 0.3) is 0 Å². The number of fused-ring (bicyclic) bond motifs is 1. The van der Waals surface area contributed by atoms with Crippen molar-refractivity contribution in [2.24, 2.45) is 0 Å². The average molecular weight is 258 g/mol. The molecule has 1 aliphatic rings. The van der Waals surface area contributed by atoms with Gasteiger partial charge in [-0.25, -0.2) is 0 Å². The molecular formula is C9H8BrNO3. The summed E-state index contributed by atoms with van der Waals surface area (Å²) in [5.74, 6) is 0.764. The molecule has 1 aromatic rings. The first-order valence-electron chi connectivity index (χ1n) is 4.20. The van der Waals surface area contributed by atoms with Gasteiger partial charge < -0.3 is 4.74 Å². The molecule has 0 bridgehead atoms. The van der Waals surface area contributed by atoms with Crippen LogP contribution in [0, 0.1) is 17.0 Å². The summed E-state index contributed by atoms with van der Waals surface area (Å²) in [5, 5.41) is 10.8. The molecule has 1 heterocycles. The van der Waals surface area contributed by atoms with Gasteiger partial charge in [-0.3, -0.25) is 10.1 Å². The van der Waals surface area contributed by atoms with Crippen LogP contribution in [-0.4, -0.2) is 11.5 Å². The minimum atomic E-state index is -0.363. The zero-order valence-electron chi connectivity index (χ0n) is 7.54. The molecule has 0 spiro atoms. The monoisotopic (exact) mass is 257 g/mol. The summed E-state index contributed by atoms with van der Waals surface area (Å²) in [6.07, 6.45) is 0.733. The topological polar surface area (TPSA) is 52.4 Å². The third-order valence-electron chi connectivity index (χ3n) is 2.28. The van der Waals surface area contributed by atoms with Gasteiger partial charge in [-0.2, -0.15) is 0 Å². The van der Waals surface area contributed by atoms with Gasteiger partial charge in [0.25, 0.3) is 5.69 Å². The van der Waals surface area contributed by atoms with Crippen molar-refractivity contribution in [1.82, 2.24) is 0 Å². The summed E-state index contributed by atoms with van der Waals surface area (Å²) in [7, 11) is 0. The molecule has 1 aromatic carbocycles. The Balaban J connectivity index is 2.68. The van der Waals surface area contributed by atoms with Gasteiger partial charge >= 0.3 is 0 Å². The average Bonchev–Trinajstić information content (AvgIpc) is 2.50. The third-order valence-corrected chi connectivity index (χ3v) is 3.14. The number of benzene rings is 1. The molecule has 0 amide bonds. The maximum atomic E-state index is 10.8. The van der Waals surface area contributed by atoms with Crippen molar-refractivity contribution >= 4 is 21.6 Å². The number of halogens is 1. The van der Waals surface area contributed by atoms with E-state index in [1.807, 2.05) is 0 Å². The van der Waals surface area contributed by atoms with Gasteiger partial charge in [-0.1, -0.05) is 0 Å². The summed E-state index contributed by atoms with van der Waals surface area (Å²) < 4.78 is 5.91. The fourth-order valence-electron chi connectivity index (χ4n) is 1.63. The molecule has 0 unspecified atom stereocenters. The molecule has 0 N–H and O–H groups in total. The number of nitro groups is 1. The lowest BCUT2D eigenvalue weighted by atomic mass is 10.1. The molecule has 0 atom stereocenters. The van der Waals surface area contributed by atoms with E-state index in [1.165, 1.54) is 0 Å². The zero-order chi connectivity index (χ0) is 10.3. The molecule has 2 rings (SSSR count). The van der Waals surface area contributed by atoms with Crippen LogP contribution < -0.4 is 4.74 Å². The number of hydrogen-bond donors (Lipinski definition) is 0. The Kier molecular flexibility index (Phi) is 2.19. The SMILES string of the molecule is Cc1cc2c(c(Br)c1[N+](=O)[O-])CCO2. The Hall–Kier alpha value is -1.10. The molecule has 1 aliphatic heterocycles.